The maximum absolute atomic E-state index is 12.2. The second-order valence-electron chi connectivity index (χ2n) is 8.35. The van der Waals surface area contributed by atoms with E-state index in [0.717, 1.165) is 36.3 Å². The fraction of sp³-hybridized carbons (Fsp3) is 0.667. The van der Waals surface area contributed by atoms with Gasteiger partial charge >= 0.3 is 6.09 Å². The van der Waals surface area contributed by atoms with Gasteiger partial charge in [-0.05, 0) is 49.0 Å². The predicted molar refractivity (Wildman–Crippen MR) is 98.2 cm³/mol. The minimum atomic E-state index is -0.271. The van der Waals surface area contributed by atoms with Gasteiger partial charge < -0.3 is 15.0 Å². The highest BCUT2D eigenvalue weighted by atomic mass is 16.5. The molecule has 1 N–H and O–H groups in total. The zero-order valence-corrected chi connectivity index (χ0v) is 15.0. The number of amides is 1. The van der Waals surface area contributed by atoms with Gasteiger partial charge in [0.15, 0.2) is 0 Å². The zero-order chi connectivity index (χ0) is 17.1. The molecule has 2 saturated carbocycles. The van der Waals surface area contributed by atoms with Gasteiger partial charge in [0.25, 0.3) is 0 Å². The first-order valence-electron chi connectivity index (χ1n) is 9.94. The van der Waals surface area contributed by atoms with E-state index in [9.17, 15) is 4.79 Å². The van der Waals surface area contributed by atoms with Gasteiger partial charge in [0.05, 0.1) is 0 Å². The van der Waals surface area contributed by atoms with Crippen molar-refractivity contribution in [3.05, 3.63) is 35.9 Å². The molecule has 4 heteroatoms. The summed E-state index contributed by atoms with van der Waals surface area (Å²) in [6, 6.07) is 10.1. The summed E-state index contributed by atoms with van der Waals surface area (Å²) in [7, 11) is 0. The molecule has 136 valence electrons. The number of alkyl carbamates (subject to hydrolysis) is 1. The fourth-order valence-corrected chi connectivity index (χ4v) is 4.15. The highest BCUT2D eigenvalue weighted by molar-refractivity contribution is 5.67. The van der Waals surface area contributed by atoms with E-state index in [4.69, 9.17) is 4.74 Å². The number of benzene rings is 1. The van der Waals surface area contributed by atoms with E-state index in [0.29, 0.717) is 6.61 Å². The molecule has 2 unspecified atom stereocenters. The Morgan fingerprint density at radius 1 is 1.04 bits per heavy atom. The first-order valence-corrected chi connectivity index (χ1v) is 9.94. The van der Waals surface area contributed by atoms with Crippen LogP contribution in [-0.2, 0) is 11.3 Å². The topological polar surface area (TPSA) is 41.6 Å². The quantitative estimate of drug-likeness (QED) is 0.819. The van der Waals surface area contributed by atoms with E-state index in [-0.39, 0.29) is 12.1 Å². The molecule has 4 nitrogen and oxygen atoms in total. The van der Waals surface area contributed by atoms with Crippen LogP contribution in [0.2, 0.25) is 0 Å². The average molecular weight is 342 g/mol. The zero-order valence-electron chi connectivity index (χ0n) is 15.0. The summed E-state index contributed by atoms with van der Waals surface area (Å²) in [5, 5.41) is 3.13. The number of ether oxygens (including phenoxy) is 1. The summed E-state index contributed by atoms with van der Waals surface area (Å²) in [4.78, 5) is 14.8. The summed E-state index contributed by atoms with van der Waals surface area (Å²) >= 11 is 0. The number of rotatable bonds is 7. The van der Waals surface area contributed by atoms with Gasteiger partial charge in [-0.2, -0.15) is 0 Å². The first-order chi connectivity index (χ1) is 12.2. The van der Waals surface area contributed by atoms with Gasteiger partial charge in [-0.3, -0.25) is 0 Å². The second kappa shape index (κ2) is 7.77. The van der Waals surface area contributed by atoms with Gasteiger partial charge in [0, 0.05) is 25.7 Å². The highest BCUT2D eigenvalue weighted by Crippen LogP contribution is 2.38. The number of carbonyl (C=O) groups excluding carboxylic acids is 1. The van der Waals surface area contributed by atoms with E-state index in [1.165, 1.54) is 45.2 Å². The molecule has 0 spiro atoms. The summed E-state index contributed by atoms with van der Waals surface area (Å²) < 4.78 is 5.42. The lowest BCUT2D eigenvalue weighted by Gasteiger charge is -2.38. The summed E-state index contributed by atoms with van der Waals surface area (Å²) in [6.07, 6.45) is 7.79. The van der Waals surface area contributed by atoms with Crippen LogP contribution in [0.5, 0.6) is 0 Å². The number of hydrogen-bond acceptors (Lipinski definition) is 3. The van der Waals surface area contributed by atoms with Gasteiger partial charge in [-0.15, -0.1) is 0 Å². The largest absolute Gasteiger partial charge is 0.445 e. The van der Waals surface area contributed by atoms with Crippen molar-refractivity contribution in [3.8, 4) is 0 Å². The Hall–Kier alpha value is -1.55. The number of hydrogen-bond donors (Lipinski definition) is 1. The minimum absolute atomic E-state index is 0.236. The maximum atomic E-state index is 12.2. The third kappa shape index (κ3) is 5.46. The van der Waals surface area contributed by atoms with Gasteiger partial charge in [0.2, 0.25) is 0 Å². The van der Waals surface area contributed by atoms with Crippen molar-refractivity contribution in [2.45, 2.75) is 51.2 Å². The molecule has 1 aromatic rings. The van der Waals surface area contributed by atoms with Crippen LogP contribution in [0.3, 0.4) is 0 Å². The van der Waals surface area contributed by atoms with Crippen molar-refractivity contribution < 1.29 is 9.53 Å². The summed E-state index contributed by atoms with van der Waals surface area (Å²) in [5.41, 5.74) is 1.03. The van der Waals surface area contributed by atoms with Crippen LogP contribution in [0.4, 0.5) is 4.79 Å². The van der Waals surface area contributed by atoms with Crippen molar-refractivity contribution in [1.29, 1.82) is 0 Å². The van der Waals surface area contributed by atoms with Crippen molar-refractivity contribution >= 4 is 6.09 Å². The smallest absolute Gasteiger partial charge is 0.407 e. The lowest BCUT2D eigenvalue weighted by molar-refractivity contribution is 0.105. The molecule has 1 heterocycles. The van der Waals surface area contributed by atoms with E-state index in [1.807, 2.05) is 30.3 Å². The summed E-state index contributed by atoms with van der Waals surface area (Å²) in [6.45, 7) is 3.78. The summed E-state index contributed by atoms with van der Waals surface area (Å²) in [5.74, 6) is 2.60. The van der Waals surface area contributed by atoms with Crippen molar-refractivity contribution in [2.75, 3.05) is 19.6 Å². The number of nitrogens with zero attached hydrogens (tertiary/aromatic N) is 1. The van der Waals surface area contributed by atoms with Crippen molar-refractivity contribution in [1.82, 2.24) is 10.2 Å². The minimum Gasteiger partial charge on any atom is -0.445 e. The number of piperidine rings is 1. The Morgan fingerprint density at radius 2 is 1.80 bits per heavy atom. The Morgan fingerprint density at radius 3 is 2.52 bits per heavy atom. The van der Waals surface area contributed by atoms with E-state index < -0.39 is 0 Å². The van der Waals surface area contributed by atoms with Crippen LogP contribution >= 0.6 is 0 Å². The molecule has 2 atom stereocenters. The second-order valence-corrected chi connectivity index (χ2v) is 8.35. The third-order valence-electron chi connectivity index (χ3n) is 5.72. The van der Waals surface area contributed by atoms with Crippen LogP contribution in [0.25, 0.3) is 0 Å². The third-order valence-corrected chi connectivity index (χ3v) is 5.72. The van der Waals surface area contributed by atoms with Crippen LogP contribution in [0, 0.1) is 17.8 Å². The van der Waals surface area contributed by atoms with Crippen LogP contribution in [0.1, 0.15) is 44.1 Å². The van der Waals surface area contributed by atoms with Crippen molar-refractivity contribution in [3.63, 3.8) is 0 Å². The number of likely N-dealkylation sites (tertiary alicyclic amines) is 1. The molecule has 1 aromatic carbocycles. The molecule has 0 radical (unpaired) electrons. The van der Waals surface area contributed by atoms with Gasteiger partial charge in [-0.1, -0.05) is 43.2 Å². The maximum Gasteiger partial charge on any atom is 0.407 e. The first kappa shape index (κ1) is 16.9. The molecule has 1 amide bonds. The number of nitrogens with one attached hydrogen (secondary N) is 1. The molecular formula is C21H30N2O2. The lowest BCUT2D eigenvalue weighted by Crippen LogP contribution is -2.51. The average Bonchev–Trinajstić information content (AvgIpc) is 3.51. The molecule has 4 rings (SSSR count). The fourth-order valence-electron chi connectivity index (χ4n) is 4.15. The Labute approximate surface area is 150 Å². The predicted octanol–water partition coefficient (Wildman–Crippen LogP) is 3.81. The van der Waals surface area contributed by atoms with E-state index in [1.54, 1.807) is 0 Å². The standard InChI is InChI=1S/C21H30N2O2/c24-21(25-15-18-4-2-1-3-5-18)22-20-11-19(10-16-6-7-16)13-23(14-20)12-17-8-9-17/h1-5,16-17,19-20H,6-15H2,(H,22,24). The van der Waals surface area contributed by atoms with E-state index in [2.05, 4.69) is 10.2 Å². The molecule has 1 saturated heterocycles. The molecular weight excluding hydrogens is 312 g/mol. The Balaban J connectivity index is 1.27. The van der Waals surface area contributed by atoms with Gasteiger partial charge in [-0.25, -0.2) is 4.79 Å². The van der Waals surface area contributed by atoms with Crippen LogP contribution < -0.4 is 5.32 Å². The molecule has 3 aliphatic rings. The molecule has 0 aromatic heterocycles. The van der Waals surface area contributed by atoms with E-state index >= 15 is 0 Å². The normalized spacial score (nSPS) is 27.0. The number of carbonyl (C=O) groups is 1. The Kier molecular flexibility index (Phi) is 5.25. The molecule has 1 aliphatic heterocycles. The van der Waals surface area contributed by atoms with Crippen LogP contribution in [0.15, 0.2) is 30.3 Å². The molecule has 0 bridgehead atoms. The lowest BCUT2D eigenvalue weighted by atomic mass is 9.89. The van der Waals surface area contributed by atoms with Gasteiger partial charge in [0.1, 0.15) is 6.61 Å². The van der Waals surface area contributed by atoms with Crippen LogP contribution in [-0.4, -0.2) is 36.7 Å². The molecule has 3 fully saturated rings. The highest BCUT2D eigenvalue weighted by Gasteiger charge is 2.35. The van der Waals surface area contributed by atoms with Crippen molar-refractivity contribution in [2.24, 2.45) is 17.8 Å². The molecule has 25 heavy (non-hydrogen) atoms. The SMILES string of the molecule is O=C(NC1CC(CC2CC2)CN(CC2CC2)C1)OCc1ccccc1. The Bertz CT molecular complexity index is 547. The monoisotopic (exact) mass is 342 g/mol. The molecule has 2 aliphatic carbocycles.